The predicted molar refractivity (Wildman–Crippen MR) is 71.0 cm³/mol. The molecule has 0 radical (unpaired) electrons. The summed E-state index contributed by atoms with van der Waals surface area (Å²) in [5, 5.41) is 9.56. The fourth-order valence-corrected chi connectivity index (χ4v) is 3.16. The Hall–Kier alpha value is -1.39. The van der Waals surface area contributed by atoms with E-state index >= 15 is 0 Å². The average Bonchev–Trinajstić information content (AvgIpc) is 2.91. The first-order chi connectivity index (χ1) is 9.25. The van der Waals surface area contributed by atoms with Crippen molar-refractivity contribution in [1.82, 2.24) is 4.90 Å². The molecule has 2 aliphatic rings. The van der Waals surface area contributed by atoms with E-state index in [9.17, 15) is 9.90 Å². The summed E-state index contributed by atoms with van der Waals surface area (Å²) in [5.41, 5.74) is 2.13. The van der Waals surface area contributed by atoms with Crippen LogP contribution in [0, 0.1) is 5.92 Å². The van der Waals surface area contributed by atoms with Crippen LogP contribution in [0.5, 0.6) is 0 Å². The quantitative estimate of drug-likeness (QED) is 0.900. The van der Waals surface area contributed by atoms with Gasteiger partial charge < -0.3 is 9.84 Å². The van der Waals surface area contributed by atoms with Crippen LogP contribution in [0.15, 0.2) is 24.3 Å². The minimum absolute atomic E-state index is 0.479. The molecule has 0 aliphatic carbocycles. The zero-order chi connectivity index (χ0) is 13.2. The lowest BCUT2D eigenvalue weighted by molar-refractivity contribution is -0.144. The van der Waals surface area contributed by atoms with Crippen LogP contribution in [0.1, 0.15) is 23.6 Å². The number of carboxylic acids is 1. The van der Waals surface area contributed by atoms with E-state index in [2.05, 4.69) is 4.90 Å². The van der Waals surface area contributed by atoms with Crippen molar-refractivity contribution in [3.63, 3.8) is 0 Å². The molecular formula is C15H19NO3. The van der Waals surface area contributed by atoms with Crippen LogP contribution in [0.2, 0.25) is 0 Å². The van der Waals surface area contributed by atoms with Gasteiger partial charge in [0.2, 0.25) is 0 Å². The van der Waals surface area contributed by atoms with Crippen molar-refractivity contribution in [1.29, 1.82) is 0 Å². The lowest BCUT2D eigenvalue weighted by atomic mass is 9.91. The van der Waals surface area contributed by atoms with Gasteiger partial charge in [-0.3, -0.25) is 9.69 Å². The minimum Gasteiger partial charge on any atom is -0.480 e. The second kappa shape index (κ2) is 5.31. The van der Waals surface area contributed by atoms with E-state index in [4.69, 9.17) is 4.74 Å². The molecule has 1 aromatic rings. The number of hydrogen-bond donors (Lipinski definition) is 1. The number of carboxylic acid groups (broad SMARTS) is 1. The Kier molecular flexibility index (Phi) is 3.53. The van der Waals surface area contributed by atoms with E-state index in [0.29, 0.717) is 5.92 Å². The lowest BCUT2D eigenvalue weighted by Gasteiger charge is -2.36. The number of fused-ring (bicyclic) bond motifs is 1. The molecule has 4 nitrogen and oxygen atoms in total. The number of nitrogens with zero attached hydrogens (tertiary/aromatic N) is 1. The molecule has 0 bridgehead atoms. The van der Waals surface area contributed by atoms with Crippen LogP contribution >= 0.6 is 0 Å². The van der Waals surface area contributed by atoms with Crippen molar-refractivity contribution in [2.24, 2.45) is 5.92 Å². The van der Waals surface area contributed by atoms with E-state index in [1.165, 1.54) is 5.56 Å². The van der Waals surface area contributed by atoms with E-state index in [-0.39, 0.29) is 0 Å². The highest BCUT2D eigenvalue weighted by atomic mass is 16.5. The first-order valence-electron chi connectivity index (χ1n) is 6.88. The molecule has 1 fully saturated rings. The molecule has 1 N–H and O–H groups in total. The summed E-state index contributed by atoms with van der Waals surface area (Å²) >= 11 is 0. The van der Waals surface area contributed by atoms with Crippen molar-refractivity contribution in [2.75, 3.05) is 26.3 Å². The summed E-state index contributed by atoms with van der Waals surface area (Å²) in [4.78, 5) is 13.7. The SMILES string of the molecule is O=C(O)C1c2ccccc2CCN1CC1CCOC1. The number of carbonyl (C=O) groups is 1. The molecule has 1 aromatic carbocycles. The minimum atomic E-state index is -0.744. The molecule has 3 rings (SSSR count). The third-order valence-electron chi connectivity index (χ3n) is 4.13. The van der Waals surface area contributed by atoms with Crippen molar-refractivity contribution in [2.45, 2.75) is 18.9 Å². The number of benzene rings is 1. The summed E-state index contributed by atoms with van der Waals surface area (Å²) in [5.74, 6) is -0.266. The second-order valence-corrected chi connectivity index (χ2v) is 5.41. The third-order valence-corrected chi connectivity index (χ3v) is 4.13. The van der Waals surface area contributed by atoms with Gasteiger partial charge in [-0.15, -0.1) is 0 Å². The Bertz CT molecular complexity index is 468. The molecule has 2 unspecified atom stereocenters. The van der Waals surface area contributed by atoms with Gasteiger partial charge in [0.25, 0.3) is 0 Å². The molecule has 0 saturated carbocycles. The van der Waals surface area contributed by atoms with E-state index in [0.717, 1.165) is 44.7 Å². The Morgan fingerprint density at radius 3 is 3.00 bits per heavy atom. The van der Waals surface area contributed by atoms with Gasteiger partial charge in [-0.1, -0.05) is 24.3 Å². The smallest absolute Gasteiger partial charge is 0.325 e. The first kappa shape index (κ1) is 12.6. The van der Waals surface area contributed by atoms with Crippen LogP contribution in [-0.2, 0) is 16.0 Å². The topological polar surface area (TPSA) is 49.8 Å². The second-order valence-electron chi connectivity index (χ2n) is 5.41. The first-order valence-corrected chi connectivity index (χ1v) is 6.88. The van der Waals surface area contributed by atoms with Gasteiger partial charge in [-0.25, -0.2) is 0 Å². The molecule has 0 amide bonds. The Morgan fingerprint density at radius 1 is 1.42 bits per heavy atom. The summed E-state index contributed by atoms with van der Waals surface area (Å²) < 4.78 is 5.39. The predicted octanol–water partition coefficient (Wildman–Crippen LogP) is 1.71. The normalized spacial score (nSPS) is 27.2. The largest absolute Gasteiger partial charge is 0.480 e. The molecule has 4 heteroatoms. The molecule has 2 heterocycles. The number of hydrogen-bond acceptors (Lipinski definition) is 3. The number of aliphatic carboxylic acids is 1. The van der Waals surface area contributed by atoms with Crippen LogP contribution in [-0.4, -0.2) is 42.3 Å². The number of rotatable bonds is 3. The Labute approximate surface area is 113 Å². The highest BCUT2D eigenvalue weighted by molar-refractivity contribution is 5.76. The average molecular weight is 261 g/mol. The highest BCUT2D eigenvalue weighted by Crippen LogP contribution is 2.31. The number of ether oxygens (including phenoxy) is 1. The molecule has 2 atom stereocenters. The van der Waals surface area contributed by atoms with Crippen LogP contribution in [0.25, 0.3) is 0 Å². The van der Waals surface area contributed by atoms with Gasteiger partial charge in [0.1, 0.15) is 6.04 Å². The summed E-state index contributed by atoms with van der Waals surface area (Å²) in [6.45, 7) is 3.23. The van der Waals surface area contributed by atoms with Gasteiger partial charge in [-0.05, 0) is 29.9 Å². The maximum Gasteiger partial charge on any atom is 0.325 e. The molecule has 2 aliphatic heterocycles. The van der Waals surface area contributed by atoms with Crippen molar-refractivity contribution >= 4 is 5.97 Å². The van der Waals surface area contributed by atoms with E-state index < -0.39 is 12.0 Å². The van der Waals surface area contributed by atoms with Crippen molar-refractivity contribution in [3.8, 4) is 0 Å². The van der Waals surface area contributed by atoms with Gasteiger partial charge in [-0.2, -0.15) is 0 Å². The van der Waals surface area contributed by atoms with Crippen LogP contribution in [0.3, 0.4) is 0 Å². The van der Waals surface area contributed by atoms with Crippen LogP contribution in [0.4, 0.5) is 0 Å². The molecule has 0 spiro atoms. The van der Waals surface area contributed by atoms with Crippen molar-refractivity contribution in [3.05, 3.63) is 35.4 Å². The fourth-order valence-electron chi connectivity index (χ4n) is 3.16. The monoisotopic (exact) mass is 261 g/mol. The molecule has 102 valence electrons. The van der Waals surface area contributed by atoms with Gasteiger partial charge in [0.05, 0.1) is 6.61 Å². The van der Waals surface area contributed by atoms with E-state index in [1.54, 1.807) is 0 Å². The zero-order valence-corrected chi connectivity index (χ0v) is 10.9. The Morgan fingerprint density at radius 2 is 2.26 bits per heavy atom. The van der Waals surface area contributed by atoms with Crippen LogP contribution < -0.4 is 0 Å². The zero-order valence-electron chi connectivity index (χ0n) is 10.9. The maximum absolute atomic E-state index is 11.6. The third kappa shape index (κ3) is 2.51. The summed E-state index contributed by atoms with van der Waals surface area (Å²) in [7, 11) is 0. The van der Waals surface area contributed by atoms with E-state index in [1.807, 2.05) is 24.3 Å². The van der Waals surface area contributed by atoms with Crippen molar-refractivity contribution < 1.29 is 14.6 Å². The molecule has 1 saturated heterocycles. The molecule has 0 aromatic heterocycles. The summed E-state index contributed by atoms with van der Waals surface area (Å²) in [6, 6.07) is 7.41. The standard InChI is InChI=1S/C15H19NO3/c17-15(18)14-13-4-2-1-3-12(13)5-7-16(14)9-11-6-8-19-10-11/h1-4,11,14H,5-10H2,(H,17,18). The fraction of sp³-hybridized carbons (Fsp3) is 0.533. The maximum atomic E-state index is 11.6. The van der Waals surface area contributed by atoms with Gasteiger partial charge in [0.15, 0.2) is 0 Å². The Balaban J connectivity index is 1.83. The van der Waals surface area contributed by atoms with Gasteiger partial charge in [0, 0.05) is 19.7 Å². The molecular weight excluding hydrogens is 242 g/mol. The molecule has 19 heavy (non-hydrogen) atoms. The lowest BCUT2D eigenvalue weighted by Crippen LogP contribution is -2.42. The highest BCUT2D eigenvalue weighted by Gasteiger charge is 2.34. The van der Waals surface area contributed by atoms with Gasteiger partial charge >= 0.3 is 5.97 Å². The summed E-state index contributed by atoms with van der Waals surface area (Å²) in [6.07, 6.45) is 1.98.